The third kappa shape index (κ3) is 1.71. The summed E-state index contributed by atoms with van der Waals surface area (Å²) in [6.07, 6.45) is 4.50. The molecular weight excluding hydrogens is 352 g/mol. The fourth-order valence-electron chi connectivity index (χ4n) is 7.83. The van der Waals surface area contributed by atoms with Gasteiger partial charge in [-0.05, 0) is 49.4 Å². The van der Waals surface area contributed by atoms with Crippen LogP contribution in [0.5, 0.6) is 5.75 Å². The van der Waals surface area contributed by atoms with Crippen LogP contribution in [0, 0.1) is 11.8 Å². The van der Waals surface area contributed by atoms with Gasteiger partial charge in [-0.1, -0.05) is 11.6 Å². The molecule has 0 radical (unpaired) electrons. The topological polar surface area (TPSA) is 42.0 Å². The molecule has 5 heteroatoms. The van der Waals surface area contributed by atoms with Gasteiger partial charge >= 0.3 is 5.97 Å². The molecule has 5 aliphatic heterocycles. The van der Waals surface area contributed by atoms with E-state index >= 15 is 0 Å². The Morgan fingerprint density at radius 2 is 2.14 bits per heavy atom. The van der Waals surface area contributed by atoms with Crippen molar-refractivity contribution in [2.75, 3.05) is 25.6 Å². The first kappa shape index (κ1) is 16.9. The molecule has 5 heterocycles. The molecule has 3 unspecified atom stereocenters. The second-order valence-electron chi connectivity index (χ2n) is 9.30. The lowest BCUT2D eigenvalue weighted by Gasteiger charge is -2.58. The van der Waals surface area contributed by atoms with E-state index in [-0.39, 0.29) is 17.5 Å². The number of fused-ring (bicyclic) bond motifs is 2. The third-order valence-corrected chi connectivity index (χ3v) is 8.56. The summed E-state index contributed by atoms with van der Waals surface area (Å²) in [4.78, 5) is 17.5. The Morgan fingerprint density at radius 3 is 2.86 bits per heavy atom. The number of hydrogen-bond donors (Lipinski definition) is 0. The maximum atomic E-state index is 12.2. The van der Waals surface area contributed by atoms with Gasteiger partial charge in [-0.3, -0.25) is 9.69 Å². The number of carbonyl (C=O) groups is 1. The molecule has 8 atom stereocenters. The van der Waals surface area contributed by atoms with Crippen molar-refractivity contribution in [3.63, 3.8) is 0 Å². The first-order valence-corrected chi connectivity index (χ1v) is 10.5. The van der Waals surface area contributed by atoms with E-state index in [1.807, 2.05) is 0 Å². The number of anilines is 1. The van der Waals surface area contributed by atoms with Crippen LogP contribution in [0.15, 0.2) is 29.8 Å². The number of allylic oxidation sites excluding steroid dienone is 1. The highest BCUT2D eigenvalue weighted by atomic mass is 16.5. The average Bonchev–Trinajstić information content (AvgIpc) is 3.10. The number of methoxy groups -OCH3 is 1. The van der Waals surface area contributed by atoms with Crippen molar-refractivity contribution in [2.45, 2.75) is 56.3 Å². The zero-order chi connectivity index (χ0) is 19.4. The summed E-state index contributed by atoms with van der Waals surface area (Å²) in [5.74, 6) is 1.68. The van der Waals surface area contributed by atoms with Gasteiger partial charge in [0.1, 0.15) is 11.9 Å². The van der Waals surface area contributed by atoms with Gasteiger partial charge in [-0.15, -0.1) is 0 Å². The Kier molecular flexibility index (Phi) is 3.21. The summed E-state index contributed by atoms with van der Waals surface area (Å²) < 4.78 is 11.8. The predicted octanol–water partition coefficient (Wildman–Crippen LogP) is 2.74. The van der Waals surface area contributed by atoms with E-state index in [0.29, 0.717) is 30.0 Å². The molecule has 1 spiro atoms. The Morgan fingerprint density at radius 1 is 1.32 bits per heavy atom. The SMILES string of the molecule is C/C=C1/CN2[C@H]3C[C@@]45c6cc(OC)ccc6N(C)[C@H]4[C@@H]2C[C@@H]1C3C5OC(C)=O. The number of rotatable bonds is 2. The molecule has 5 bridgehead atoms. The predicted molar refractivity (Wildman–Crippen MR) is 107 cm³/mol. The number of ether oxygens (including phenoxy) is 2. The minimum atomic E-state index is -0.152. The molecule has 5 fully saturated rings. The van der Waals surface area contributed by atoms with Crippen LogP contribution in [0.1, 0.15) is 32.3 Å². The highest BCUT2D eigenvalue weighted by Gasteiger charge is 2.75. The molecule has 4 saturated heterocycles. The van der Waals surface area contributed by atoms with Gasteiger partial charge in [0.15, 0.2) is 0 Å². The highest BCUT2D eigenvalue weighted by molar-refractivity contribution is 5.71. The summed E-state index contributed by atoms with van der Waals surface area (Å²) in [5, 5.41) is 0. The molecule has 0 N–H and O–H groups in total. The lowest BCUT2D eigenvalue weighted by Crippen LogP contribution is -2.68. The fraction of sp³-hybridized carbons (Fsp3) is 0.609. The molecule has 1 aromatic carbocycles. The highest BCUT2D eigenvalue weighted by Crippen LogP contribution is 2.68. The zero-order valence-electron chi connectivity index (χ0n) is 17.0. The van der Waals surface area contributed by atoms with Crippen molar-refractivity contribution in [1.82, 2.24) is 4.90 Å². The number of esters is 1. The van der Waals surface area contributed by atoms with Crippen LogP contribution in [0.25, 0.3) is 0 Å². The average molecular weight is 380 g/mol. The molecular formula is C23H28N2O3. The smallest absolute Gasteiger partial charge is 0.302 e. The van der Waals surface area contributed by atoms with E-state index in [1.54, 1.807) is 19.6 Å². The maximum Gasteiger partial charge on any atom is 0.302 e. The van der Waals surface area contributed by atoms with Gasteiger partial charge in [-0.25, -0.2) is 0 Å². The summed E-state index contributed by atoms with van der Waals surface area (Å²) >= 11 is 0. The summed E-state index contributed by atoms with van der Waals surface area (Å²) in [6, 6.07) is 7.84. The fourth-order valence-corrected chi connectivity index (χ4v) is 7.83. The van der Waals surface area contributed by atoms with Gasteiger partial charge in [0.2, 0.25) is 0 Å². The summed E-state index contributed by atoms with van der Waals surface area (Å²) in [6.45, 7) is 4.82. The van der Waals surface area contributed by atoms with Gasteiger partial charge in [0.05, 0.1) is 18.6 Å². The molecule has 7 rings (SSSR count). The normalized spacial score (nSPS) is 45.4. The van der Waals surface area contributed by atoms with E-state index in [4.69, 9.17) is 9.47 Å². The van der Waals surface area contributed by atoms with Crippen molar-refractivity contribution in [1.29, 1.82) is 0 Å². The van der Waals surface area contributed by atoms with Crippen LogP contribution in [0.2, 0.25) is 0 Å². The molecule has 5 nitrogen and oxygen atoms in total. The Bertz CT molecular complexity index is 911. The number of hydrogen-bond acceptors (Lipinski definition) is 5. The first-order chi connectivity index (χ1) is 13.5. The molecule has 1 aromatic rings. The number of nitrogens with zero attached hydrogens (tertiary/aromatic N) is 2. The first-order valence-electron chi connectivity index (χ1n) is 10.5. The van der Waals surface area contributed by atoms with Crippen LogP contribution in [-0.2, 0) is 14.9 Å². The van der Waals surface area contributed by atoms with E-state index in [9.17, 15) is 4.79 Å². The summed E-state index contributed by atoms with van der Waals surface area (Å²) in [7, 11) is 3.96. The van der Waals surface area contributed by atoms with Gasteiger partial charge < -0.3 is 14.4 Å². The lowest BCUT2D eigenvalue weighted by atomic mass is 9.65. The van der Waals surface area contributed by atoms with Crippen molar-refractivity contribution in [3.05, 3.63) is 35.4 Å². The standard InChI is InChI=1S/C23H28N2O3/c1-5-13-11-25-18-9-15(13)20-19(25)10-23(22(20)28-12(2)26)16-8-14(27-4)6-7-17(16)24(3)21(18)23/h5-8,15,18-22H,9-11H2,1-4H3/b13-5-/t15-,18-,19-,20?,21-,22?,23+/m0/s1. The van der Waals surface area contributed by atoms with Crippen LogP contribution in [0.4, 0.5) is 5.69 Å². The molecule has 1 saturated carbocycles. The third-order valence-electron chi connectivity index (χ3n) is 8.56. The second-order valence-corrected chi connectivity index (χ2v) is 9.30. The molecule has 1 aliphatic carbocycles. The number of carbonyl (C=O) groups excluding carboxylic acids is 1. The molecule has 6 aliphatic rings. The molecule has 0 aromatic heterocycles. The van der Waals surface area contributed by atoms with Gasteiger partial charge in [-0.2, -0.15) is 0 Å². The maximum absolute atomic E-state index is 12.2. The number of likely N-dealkylation sites (N-methyl/N-ethyl adjacent to an activating group) is 1. The van der Waals surface area contributed by atoms with Crippen LogP contribution in [0.3, 0.4) is 0 Å². The Labute approximate surface area is 166 Å². The van der Waals surface area contributed by atoms with E-state index < -0.39 is 0 Å². The van der Waals surface area contributed by atoms with Crippen LogP contribution in [-0.4, -0.2) is 55.8 Å². The van der Waals surface area contributed by atoms with Gasteiger partial charge in [0.25, 0.3) is 0 Å². The van der Waals surface area contributed by atoms with Crippen molar-refractivity contribution in [2.24, 2.45) is 11.8 Å². The van der Waals surface area contributed by atoms with E-state index in [0.717, 1.165) is 18.7 Å². The van der Waals surface area contributed by atoms with Crippen molar-refractivity contribution >= 4 is 11.7 Å². The largest absolute Gasteiger partial charge is 0.497 e. The Balaban J connectivity index is 1.60. The van der Waals surface area contributed by atoms with E-state index in [2.05, 4.69) is 48.0 Å². The van der Waals surface area contributed by atoms with E-state index in [1.165, 1.54) is 17.7 Å². The number of benzene rings is 1. The van der Waals surface area contributed by atoms with Crippen molar-refractivity contribution in [3.8, 4) is 5.75 Å². The number of piperidine rings is 4. The Hall–Kier alpha value is -2.01. The molecule has 148 valence electrons. The van der Waals surface area contributed by atoms with Gasteiger partial charge in [0, 0.05) is 44.2 Å². The van der Waals surface area contributed by atoms with Crippen molar-refractivity contribution < 1.29 is 14.3 Å². The minimum absolute atomic E-state index is 0.0638. The minimum Gasteiger partial charge on any atom is -0.497 e. The summed E-state index contributed by atoms with van der Waals surface area (Å²) in [5.41, 5.74) is 4.02. The monoisotopic (exact) mass is 380 g/mol. The second kappa shape index (κ2) is 5.32. The quantitative estimate of drug-likeness (QED) is 0.583. The molecule has 0 amide bonds. The lowest BCUT2D eigenvalue weighted by molar-refractivity contribution is -0.152. The molecule has 28 heavy (non-hydrogen) atoms. The van der Waals surface area contributed by atoms with Crippen LogP contribution < -0.4 is 9.64 Å². The zero-order valence-corrected chi connectivity index (χ0v) is 17.0. The van der Waals surface area contributed by atoms with Crippen LogP contribution >= 0.6 is 0 Å².